The lowest BCUT2D eigenvalue weighted by Gasteiger charge is -2.30. The lowest BCUT2D eigenvalue weighted by molar-refractivity contribution is 0.322. The fourth-order valence-electron chi connectivity index (χ4n) is 4.86. The number of aryl methyl sites for hydroxylation is 3. The summed E-state index contributed by atoms with van der Waals surface area (Å²) in [6.45, 7) is 15.8. The monoisotopic (exact) mass is 474 g/mol. The summed E-state index contributed by atoms with van der Waals surface area (Å²) in [5.41, 5.74) is 9.12. The Labute approximate surface area is 216 Å². The summed E-state index contributed by atoms with van der Waals surface area (Å²) >= 11 is 0. The van der Waals surface area contributed by atoms with Crippen molar-refractivity contribution < 1.29 is 0 Å². The SMILES string of the molecule is CCCC/C(C)=C/C(=Nc1ccc(-c2ccc(CCC)c(C)c2)cc1C)N(C)C(CCC)CCC. The van der Waals surface area contributed by atoms with E-state index in [4.69, 9.17) is 4.99 Å². The molecule has 2 heteroatoms. The summed E-state index contributed by atoms with van der Waals surface area (Å²) in [5, 5.41) is 0. The predicted octanol–water partition coefficient (Wildman–Crippen LogP) is 9.99. The topological polar surface area (TPSA) is 15.6 Å². The molecule has 0 amide bonds. The van der Waals surface area contributed by atoms with Gasteiger partial charge in [-0.25, -0.2) is 4.99 Å². The molecule has 0 N–H and O–H groups in total. The van der Waals surface area contributed by atoms with Gasteiger partial charge in [0.2, 0.25) is 0 Å². The molecule has 2 rings (SSSR count). The minimum Gasteiger partial charge on any atom is -0.357 e. The lowest BCUT2D eigenvalue weighted by Crippen LogP contribution is -2.36. The maximum atomic E-state index is 5.25. The van der Waals surface area contributed by atoms with E-state index < -0.39 is 0 Å². The smallest absolute Gasteiger partial charge is 0.129 e. The van der Waals surface area contributed by atoms with Gasteiger partial charge in [0.05, 0.1) is 5.69 Å². The van der Waals surface area contributed by atoms with E-state index in [0.29, 0.717) is 6.04 Å². The Hall–Kier alpha value is -2.35. The number of rotatable bonds is 13. The second-order valence-corrected chi connectivity index (χ2v) is 10.3. The molecule has 0 spiro atoms. The third-order valence-electron chi connectivity index (χ3n) is 7.08. The maximum Gasteiger partial charge on any atom is 0.129 e. The van der Waals surface area contributed by atoms with E-state index in [1.54, 1.807) is 0 Å². The van der Waals surface area contributed by atoms with Crippen LogP contribution in [0.3, 0.4) is 0 Å². The minimum atomic E-state index is 0.531. The van der Waals surface area contributed by atoms with Crippen molar-refractivity contribution in [3.8, 4) is 11.1 Å². The Morgan fingerprint density at radius 3 is 2.03 bits per heavy atom. The molecule has 0 aliphatic rings. The summed E-state index contributed by atoms with van der Waals surface area (Å²) in [4.78, 5) is 7.68. The van der Waals surface area contributed by atoms with Crippen LogP contribution in [0.5, 0.6) is 0 Å². The molecule has 0 fully saturated rings. The molecule has 192 valence electrons. The number of hydrogen-bond donors (Lipinski definition) is 0. The molecule has 0 aliphatic heterocycles. The van der Waals surface area contributed by atoms with Crippen LogP contribution in [0.2, 0.25) is 0 Å². The van der Waals surface area contributed by atoms with Crippen molar-refractivity contribution in [3.05, 3.63) is 64.7 Å². The van der Waals surface area contributed by atoms with Gasteiger partial charge in [-0.05, 0) is 98.9 Å². The van der Waals surface area contributed by atoms with Crippen molar-refractivity contribution in [1.82, 2.24) is 4.90 Å². The summed E-state index contributed by atoms with van der Waals surface area (Å²) in [6, 6.07) is 14.2. The first kappa shape index (κ1) is 28.9. The van der Waals surface area contributed by atoms with Crippen LogP contribution in [0.25, 0.3) is 11.1 Å². The zero-order chi connectivity index (χ0) is 25.8. The summed E-state index contributed by atoms with van der Waals surface area (Å²) in [7, 11) is 2.24. The van der Waals surface area contributed by atoms with Gasteiger partial charge in [0.25, 0.3) is 0 Å². The number of aliphatic imine (C=N–C) groups is 1. The van der Waals surface area contributed by atoms with E-state index in [0.717, 1.165) is 24.4 Å². The number of allylic oxidation sites excluding steroid dienone is 1. The van der Waals surface area contributed by atoms with Crippen LogP contribution in [0.1, 0.15) is 103 Å². The Morgan fingerprint density at radius 1 is 0.857 bits per heavy atom. The third kappa shape index (κ3) is 8.67. The lowest BCUT2D eigenvalue weighted by atomic mass is 9.96. The van der Waals surface area contributed by atoms with Gasteiger partial charge in [-0.1, -0.05) is 83.2 Å². The van der Waals surface area contributed by atoms with Crippen LogP contribution >= 0.6 is 0 Å². The Bertz CT molecular complexity index is 977. The first-order chi connectivity index (χ1) is 16.8. The second kappa shape index (κ2) is 14.9. The van der Waals surface area contributed by atoms with Crippen LogP contribution < -0.4 is 0 Å². The second-order valence-electron chi connectivity index (χ2n) is 10.3. The van der Waals surface area contributed by atoms with Crippen molar-refractivity contribution in [3.63, 3.8) is 0 Å². The molecule has 0 unspecified atom stereocenters. The van der Waals surface area contributed by atoms with Gasteiger partial charge < -0.3 is 4.90 Å². The van der Waals surface area contributed by atoms with Crippen LogP contribution in [-0.4, -0.2) is 23.8 Å². The molecule has 0 saturated carbocycles. The molecule has 0 bridgehead atoms. The van der Waals surface area contributed by atoms with Crippen molar-refractivity contribution in [2.75, 3.05) is 7.05 Å². The Kier molecular flexibility index (Phi) is 12.3. The van der Waals surface area contributed by atoms with E-state index in [1.807, 2.05) is 0 Å². The molecule has 0 heterocycles. The molecule has 2 nitrogen and oxygen atoms in total. The number of unbranched alkanes of at least 4 members (excludes halogenated alkanes) is 1. The van der Waals surface area contributed by atoms with Gasteiger partial charge in [-0.2, -0.15) is 0 Å². The number of nitrogens with zero attached hydrogens (tertiary/aromatic N) is 2. The van der Waals surface area contributed by atoms with Gasteiger partial charge in [-0.15, -0.1) is 0 Å². The molecule has 0 atom stereocenters. The predicted molar refractivity (Wildman–Crippen MR) is 157 cm³/mol. The molecule has 2 aromatic carbocycles. The Morgan fingerprint density at radius 2 is 1.49 bits per heavy atom. The molecule has 35 heavy (non-hydrogen) atoms. The van der Waals surface area contributed by atoms with E-state index in [2.05, 4.69) is 103 Å². The van der Waals surface area contributed by atoms with Crippen LogP contribution in [0.15, 0.2) is 53.0 Å². The van der Waals surface area contributed by atoms with Gasteiger partial charge in [-0.3, -0.25) is 0 Å². The van der Waals surface area contributed by atoms with Crippen LogP contribution in [0.4, 0.5) is 5.69 Å². The standard InChI is InChI=1S/C33H50N2/c1-9-13-17-25(5)22-33(35(8)31(15-11-3)16-12-4)34-32-21-20-30(24-27(32)7)29-19-18-28(14-10-2)26(6)23-29/h18-24,31H,9-17H2,1-8H3/b25-22+,34-33?. The molecule has 0 aliphatic carbocycles. The highest BCUT2D eigenvalue weighted by atomic mass is 15.2. The molecule has 0 saturated heterocycles. The van der Waals surface area contributed by atoms with Crippen molar-refractivity contribution in [1.29, 1.82) is 0 Å². The van der Waals surface area contributed by atoms with Crippen LogP contribution in [-0.2, 0) is 6.42 Å². The fourth-order valence-corrected chi connectivity index (χ4v) is 4.86. The molecule has 0 radical (unpaired) electrons. The van der Waals surface area contributed by atoms with Crippen molar-refractivity contribution in [2.45, 2.75) is 112 Å². The number of hydrogen-bond acceptors (Lipinski definition) is 1. The molecular weight excluding hydrogens is 424 g/mol. The third-order valence-corrected chi connectivity index (χ3v) is 7.08. The van der Waals surface area contributed by atoms with E-state index in [9.17, 15) is 0 Å². The Balaban J connectivity index is 2.43. The van der Waals surface area contributed by atoms with E-state index in [-0.39, 0.29) is 0 Å². The fraction of sp³-hybridized carbons (Fsp3) is 0.545. The minimum absolute atomic E-state index is 0.531. The van der Waals surface area contributed by atoms with Crippen LogP contribution in [0, 0.1) is 13.8 Å². The van der Waals surface area contributed by atoms with Gasteiger partial charge >= 0.3 is 0 Å². The number of amidine groups is 1. The molecule has 0 aromatic heterocycles. The first-order valence-corrected chi connectivity index (χ1v) is 14.0. The van der Waals surface area contributed by atoms with Crippen molar-refractivity contribution >= 4 is 11.5 Å². The quantitative estimate of drug-likeness (QED) is 0.208. The average Bonchev–Trinajstić information content (AvgIpc) is 2.84. The van der Waals surface area contributed by atoms with Gasteiger partial charge in [0, 0.05) is 13.1 Å². The van der Waals surface area contributed by atoms with Crippen molar-refractivity contribution in [2.24, 2.45) is 4.99 Å². The molecular formula is C33H50N2. The summed E-state index contributed by atoms with van der Waals surface area (Å²) in [5.74, 6) is 1.10. The summed E-state index contributed by atoms with van der Waals surface area (Å²) < 4.78 is 0. The molecule has 2 aromatic rings. The highest BCUT2D eigenvalue weighted by Crippen LogP contribution is 2.29. The number of likely N-dealkylation sites (N-methyl/N-ethyl adjacent to an activating group) is 1. The van der Waals surface area contributed by atoms with Gasteiger partial charge in [0.1, 0.15) is 5.84 Å². The number of benzene rings is 2. The maximum absolute atomic E-state index is 5.25. The zero-order valence-corrected chi connectivity index (χ0v) is 23.9. The van der Waals surface area contributed by atoms with E-state index in [1.165, 1.54) is 78.3 Å². The highest BCUT2D eigenvalue weighted by Gasteiger charge is 2.17. The van der Waals surface area contributed by atoms with E-state index >= 15 is 0 Å². The highest BCUT2D eigenvalue weighted by molar-refractivity contribution is 5.95. The normalized spacial score (nSPS) is 12.5. The summed E-state index contributed by atoms with van der Waals surface area (Å²) in [6.07, 6.45) is 13.1. The zero-order valence-electron chi connectivity index (χ0n) is 23.9. The average molecular weight is 475 g/mol. The van der Waals surface area contributed by atoms with Gasteiger partial charge in [0.15, 0.2) is 0 Å². The largest absolute Gasteiger partial charge is 0.357 e. The first-order valence-electron chi connectivity index (χ1n) is 14.0.